The molecule has 0 aromatic heterocycles. The van der Waals surface area contributed by atoms with E-state index in [1.807, 2.05) is 31.2 Å². The van der Waals surface area contributed by atoms with Crippen LogP contribution in [0.1, 0.15) is 25.3 Å². The molecule has 1 rings (SSSR count). The molecule has 0 spiro atoms. The largest absolute Gasteiger partial charge is 0.291 e. The Labute approximate surface area is 97.8 Å². The van der Waals surface area contributed by atoms with Crippen molar-refractivity contribution in [1.29, 1.82) is 0 Å². The number of hydrogen-bond acceptors (Lipinski definition) is 2. The number of carbonyl (C=O) groups is 2. The van der Waals surface area contributed by atoms with Crippen molar-refractivity contribution in [2.75, 3.05) is 0 Å². The third-order valence-electron chi connectivity index (χ3n) is 2.04. The lowest BCUT2D eigenvalue weighted by molar-refractivity contribution is -0.136. The lowest BCUT2D eigenvalue weighted by Gasteiger charge is -2.00. The third-order valence-corrected chi connectivity index (χ3v) is 2.54. The first-order valence-corrected chi connectivity index (χ1v) is 5.73. The molecular formula is C12H13BrO2. The van der Waals surface area contributed by atoms with E-state index in [-0.39, 0.29) is 18.0 Å². The fourth-order valence-corrected chi connectivity index (χ4v) is 1.74. The van der Waals surface area contributed by atoms with Gasteiger partial charge in [-0.25, -0.2) is 0 Å². The van der Waals surface area contributed by atoms with Crippen molar-refractivity contribution >= 4 is 27.5 Å². The average molecular weight is 269 g/mol. The second kappa shape index (κ2) is 5.81. The highest BCUT2D eigenvalue weighted by atomic mass is 79.9. The van der Waals surface area contributed by atoms with E-state index < -0.39 is 0 Å². The van der Waals surface area contributed by atoms with Crippen LogP contribution in [0, 0.1) is 0 Å². The van der Waals surface area contributed by atoms with Crippen LogP contribution < -0.4 is 0 Å². The van der Waals surface area contributed by atoms with Crippen molar-refractivity contribution in [1.82, 2.24) is 0 Å². The summed E-state index contributed by atoms with van der Waals surface area (Å²) in [6.45, 7) is 1.89. The Morgan fingerprint density at radius 2 is 2.00 bits per heavy atom. The molecule has 2 nitrogen and oxygen atoms in total. The van der Waals surface area contributed by atoms with Crippen LogP contribution in [0.15, 0.2) is 28.7 Å². The summed E-state index contributed by atoms with van der Waals surface area (Å²) in [6.07, 6.45) is 1.29. The number of halogens is 1. The summed E-state index contributed by atoms with van der Waals surface area (Å²) in [7, 11) is 0. The molecule has 80 valence electrons. The number of carbonyl (C=O) groups excluding carboxylic acids is 2. The average Bonchev–Trinajstić information content (AvgIpc) is 2.18. The van der Waals surface area contributed by atoms with Crippen LogP contribution in [0.2, 0.25) is 0 Å². The zero-order valence-corrected chi connectivity index (χ0v) is 10.2. The molecule has 0 bridgehead atoms. The molecular weight excluding hydrogens is 256 g/mol. The summed E-state index contributed by atoms with van der Waals surface area (Å²) in [5.41, 5.74) is 0.874. The van der Waals surface area contributed by atoms with Gasteiger partial charge in [-0.2, -0.15) is 0 Å². The maximum Gasteiger partial charge on any atom is 0.202 e. The predicted molar refractivity (Wildman–Crippen MR) is 62.8 cm³/mol. The van der Waals surface area contributed by atoms with Crippen LogP contribution in [-0.2, 0) is 16.0 Å². The van der Waals surface area contributed by atoms with E-state index >= 15 is 0 Å². The lowest BCUT2D eigenvalue weighted by Crippen LogP contribution is -2.15. The summed E-state index contributed by atoms with van der Waals surface area (Å²) >= 11 is 3.32. The van der Waals surface area contributed by atoms with Gasteiger partial charge in [0.1, 0.15) is 0 Å². The van der Waals surface area contributed by atoms with Crippen LogP contribution in [0.25, 0.3) is 0 Å². The maximum absolute atomic E-state index is 11.4. The molecule has 1 aromatic carbocycles. The molecule has 0 unspecified atom stereocenters. The van der Waals surface area contributed by atoms with Crippen LogP contribution in [-0.4, -0.2) is 11.6 Å². The second-order valence-corrected chi connectivity index (χ2v) is 4.32. The fraction of sp³-hybridized carbons (Fsp3) is 0.333. The van der Waals surface area contributed by atoms with E-state index in [0.29, 0.717) is 6.42 Å². The van der Waals surface area contributed by atoms with Gasteiger partial charge in [-0.1, -0.05) is 35.0 Å². The molecule has 0 radical (unpaired) electrons. The minimum atomic E-state index is -0.296. The lowest BCUT2D eigenvalue weighted by atomic mass is 10.0. The van der Waals surface area contributed by atoms with Crippen LogP contribution in [0.5, 0.6) is 0 Å². The highest BCUT2D eigenvalue weighted by Gasteiger charge is 2.12. The molecule has 0 amide bonds. The zero-order chi connectivity index (χ0) is 11.3. The normalized spacial score (nSPS) is 10.0. The van der Waals surface area contributed by atoms with Gasteiger partial charge in [-0.05, 0) is 24.1 Å². The van der Waals surface area contributed by atoms with E-state index in [9.17, 15) is 9.59 Å². The molecule has 0 fully saturated rings. The first-order valence-electron chi connectivity index (χ1n) is 4.94. The second-order valence-electron chi connectivity index (χ2n) is 3.40. The standard InChI is InChI=1S/C12H13BrO2/c1-2-4-11(14)12(15)8-9-5-3-6-10(13)7-9/h3,5-7H,2,4,8H2,1H3. The van der Waals surface area contributed by atoms with E-state index in [1.165, 1.54) is 0 Å². The van der Waals surface area contributed by atoms with Gasteiger partial charge in [0, 0.05) is 17.3 Å². The number of hydrogen-bond donors (Lipinski definition) is 0. The number of rotatable bonds is 5. The van der Waals surface area contributed by atoms with Crippen LogP contribution >= 0.6 is 15.9 Å². The van der Waals surface area contributed by atoms with Crippen LogP contribution in [0.4, 0.5) is 0 Å². The first-order chi connectivity index (χ1) is 7.13. The number of benzene rings is 1. The highest BCUT2D eigenvalue weighted by Crippen LogP contribution is 2.12. The minimum Gasteiger partial charge on any atom is -0.291 e. The van der Waals surface area contributed by atoms with Gasteiger partial charge < -0.3 is 0 Å². The summed E-state index contributed by atoms with van der Waals surface area (Å²) in [4.78, 5) is 22.7. The van der Waals surface area contributed by atoms with E-state index in [0.717, 1.165) is 16.5 Å². The summed E-state index contributed by atoms with van der Waals surface area (Å²) in [5, 5.41) is 0. The Morgan fingerprint density at radius 1 is 1.27 bits per heavy atom. The van der Waals surface area contributed by atoms with Crippen molar-refractivity contribution < 1.29 is 9.59 Å². The predicted octanol–water partition coefficient (Wildman–Crippen LogP) is 2.93. The van der Waals surface area contributed by atoms with Gasteiger partial charge >= 0.3 is 0 Å². The quantitative estimate of drug-likeness (QED) is 0.770. The molecule has 15 heavy (non-hydrogen) atoms. The number of ketones is 2. The monoisotopic (exact) mass is 268 g/mol. The maximum atomic E-state index is 11.4. The molecule has 3 heteroatoms. The SMILES string of the molecule is CCCC(=O)C(=O)Cc1cccc(Br)c1. The van der Waals surface area contributed by atoms with Crippen molar-refractivity contribution in [2.24, 2.45) is 0 Å². The molecule has 0 heterocycles. The van der Waals surface area contributed by atoms with Gasteiger partial charge in [-0.3, -0.25) is 9.59 Å². The van der Waals surface area contributed by atoms with Crippen molar-refractivity contribution in [3.05, 3.63) is 34.3 Å². The molecule has 0 aliphatic carbocycles. The Bertz CT molecular complexity index is 372. The Hall–Kier alpha value is -0.960. The molecule has 0 atom stereocenters. The smallest absolute Gasteiger partial charge is 0.202 e. The number of Topliss-reactive ketones (excluding diaryl/α,β-unsaturated/α-hetero) is 2. The molecule has 0 saturated heterocycles. The Kier molecular flexibility index (Phi) is 4.69. The Morgan fingerprint density at radius 3 is 2.60 bits per heavy atom. The molecule has 0 aliphatic heterocycles. The van der Waals surface area contributed by atoms with E-state index in [1.54, 1.807) is 0 Å². The van der Waals surface area contributed by atoms with Crippen molar-refractivity contribution in [3.8, 4) is 0 Å². The van der Waals surface area contributed by atoms with E-state index in [4.69, 9.17) is 0 Å². The van der Waals surface area contributed by atoms with Gasteiger partial charge in [0.15, 0.2) is 5.78 Å². The zero-order valence-electron chi connectivity index (χ0n) is 8.63. The van der Waals surface area contributed by atoms with Crippen LogP contribution in [0.3, 0.4) is 0 Å². The van der Waals surface area contributed by atoms with Gasteiger partial charge in [0.25, 0.3) is 0 Å². The van der Waals surface area contributed by atoms with Gasteiger partial charge in [-0.15, -0.1) is 0 Å². The molecule has 1 aromatic rings. The highest BCUT2D eigenvalue weighted by molar-refractivity contribution is 9.10. The molecule has 0 aliphatic rings. The molecule has 0 saturated carbocycles. The Balaban J connectivity index is 2.62. The third kappa shape index (κ3) is 3.96. The van der Waals surface area contributed by atoms with E-state index in [2.05, 4.69) is 15.9 Å². The fourth-order valence-electron chi connectivity index (χ4n) is 1.30. The first kappa shape index (κ1) is 12.1. The topological polar surface area (TPSA) is 34.1 Å². The van der Waals surface area contributed by atoms with Gasteiger partial charge in [0.05, 0.1) is 0 Å². The van der Waals surface area contributed by atoms with Crippen molar-refractivity contribution in [2.45, 2.75) is 26.2 Å². The van der Waals surface area contributed by atoms with Crippen molar-refractivity contribution in [3.63, 3.8) is 0 Å². The summed E-state index contributed by atoms with van der Waals surface area (Å²) in [5.74, 6) is -0.563. The minimum absolute atomic E-state index is 0.207. The summed E-state index contributed by atoms with van der Waals surface area (Å²) < 4.78 is 0.927. The molecule has 0 N–H and O–H groups in total. The summed E-state index contributed by atoms with van der Waals surface area (Å²) in [6, 6.07) is 7.46. The van der Waals surface area contributed by atoms with Gasteiger partial charge in [0.2, 0.25) is 5.78 Å².